The number of hydrogen-bond donors (Lipinski definition) is 3. The van der Waals surface area contributed by atoms with E-state index in [1.165, 1.54) is 43.6 Å². The molecule has 0 aliphatic carbocycles. The Labute approximate surface area is 329 Å². The molecule has 4 N–H and O–H groups in total. The number of Topliss-reactive ketones (excluding diaryl/α,β-unsaturated/α-hetero) is 1. The minimum absolute atomic E-state index is 0.0761. The summed E-state index contributed by atoms with van der Waals surface area (Å²) in [6.07, 6.45) is 15.2. The largest absolute Gasteiger partial charge is 0.397 e. The zero-order chi connectivity index (χ0) is 38.2. The summed E-state index contributed by atoms with van der Waals surface area (Å²) in [4.78, 5) is 31.7. The number of nitrogen functional groups attached to an aromatic ring is 1. The third-order valence-electron chi connectivity index (χ3n) is 13.2. The van der Waals surface area contributed by atoms with Crippen LogP contribution < -0.4 is 11.1 Å². The van der Waals surface area contributed by atoms with Crippen molar-refractivity contribution in [3.05, 3.63) is 81.9 Å². The molecule has 3 unspecified atom stereocenters. The van der Waals surface area contributed by atoms with Crippen LogP contribution in [0, 0.1) is 23.7 Å². The lowest BCUT2D eigenvalue weighted by Gasteiger charge is -2.45. The molecule has 5 aliphatic heterocycles. The number of benzene rings is 2. The number of nitrogens with one attached hydrogen (secondary N) is 1. The molecule has 5 aliphatic rings. The number of para-hydroxylation sites is 1. The third kappa shape index (κ3) is 10.3. The molecule has 54 heavy (non-hydrogen) atoms. The number of hydrogen-bond acceptors (Lipinski definition) is 6. The second kappa shape index (κ2) is 19.3. The van der Waals surface area contributed by atoms with E-state index in [2.05, 4.69) is 53.8 Å². The summed E-state index contributed by atoms with van der Waals surface area (Å²) in [6, 6.07) is 12.0. The number of carbonyl (C=O) groups is 2. The van der Waals surface area contributed by atoms with Gasteiger partial charge in [-0.2, -0.15) is 0 Å². The minimum atomic E-state index is -0.696. The number of unbranched alkanes of at least 4 members (excludes halogenated alkanes) is 1. The SMILES string of the molecule is C=C(CCC/C=C(\CCC)CC(=O)[C@@H](Cc1cc(Cl)c(N)c(CC)c1)CC(O)N1CCC(CCC2C(=O)Nc3ccccc32)CC1)C1CN2CCC1CC2. The number of anilines is 2. The van der Waals surface area contributed by atoms with Crippen LogP contribution in [-0.2, 0) is 22.4 Å². The monoisotopic (exact) mass is 756 g/mol. The highest BCUT2D eigenvalue weighted by Gasteiger charge is 2.35. The van der Waals surface area contributed by atoms with E-state index in [1.807, 2.05) is 24.3 Å². The van der Waals surface area contributed by atoms with Crippen LogP contribution >= 0.6 is 11.6 Å². The maximum Gasteiger partial charge on any atom is 0.232 e. The Hall–Kier alpha value is -2.97. The summed E-state index contributed by atoms with van der Waals surface area (Å²) in [7, 11) is 0. The first-order chi connectivity index (χ1) is 26.1. The van der Waals surface area contributed by atoms with Gasteiger partial charge in [0.05, 0.1) is 16.6 Å². The Morgan fingerprint density at radius 2 is 1.83 bits per heavy atom. The summed E-state index contributed by atoms with van der Waals surface area (Å²) in [5.41, 5.74) is 13.6. The number of allylic oxidation sites excluding steroid dienone is 2. The van der Waals surface area contributed by atoms with Crippen molar-refractivity contribution in [3.8, 4) is 0 Å². The van der Waals surface area contributed by atoms with Crippen molar-refractivity contribution in [3.63, 3.8) is 0 Å². The van der Waals surface area contributed by atoms with Gasteiger partial charge in [-0.25, -0.2) is 0 Å². The quantitative estimate of drug-likeness (QED) is 0.0751. The molecule has 0 radical (unpaired) electrons. The Morgan fingerprint density at radius 1 is 1.07 bits per heavy atom. The number of aryl methyl sites for hydroxylation is 1. The minimum Gasteiger partial charge on any atom is -0.397 e. The molecule has 1 amide bonds. The predicted octanol–water partition coefficient (Wildman–Crippen LogP) is 9.33. The second-order valence-electron chi connectivity index (χ2n) is 16.9. The van der Waals surface area contributed by atoms with Crippen molar-refractivity contribution in [2.24, 2.45) is 23.7 Å². The summed E-state index contributed by atoms with van der Waals surface area (Å²) in [5, 5.41) is 15.2. The van der Waals surface area contributed by atoms with Gasteiger partial charge in [0.15, 0.2) is 0 Å². The lowest BCUT2D eigenvalue weighted by atomic mass is 9.74. The number of aliphatic hydroxyl groups excluding tert-OH is 1. The highest BCUT2D eigenvalue weighted by molar-refractivity contribution is 6.33. The highest BCUT2D eigenvalue weighted by Crippen LogP contribution is 2.39. The molecule has 0 saturated carbocycles. The molecule has 2 bridgehead atoms. The molecule has 7 nitrogen and oxygen atoms in total. The van der Waals surface area contributed by atoms with E-state index in [1.54, 1.807) is 0 Å². The highest BCUT2D eigenvalue weighted by atomic mass is 35.5. The van der Waals surface area contributed by atoms with Gasteiger partial charge in [0.1, 0.15) is 12.0 Å². The summed E-state index contributed by atoms with van der Waals surface area (Å²) >= 11 is 6.58. The maximum atomic E-state index is 14.3. The molecule has 0 aromatic heterocycles. The van der Waals surface area contributed by atoms with Gasteiger partial charge in [-0.3, -0.25) is 14.5 Å². The molecule has 4 atom stereocenters. The Morgan fingerprint density at radius 3 is 2.54 bits per heavy atom. The van der Waals surface area contributed by atoms with Crippen molar-refractivity contribution in [1.29, 1.82) is 0 Å². The van der Waals surface area contributed by atoms with Crippen LogP contribution in [0.1, 0.15) is 120 Å². The van der Waals surface area contributed by atoms with Crippen molar-refractivity contribution >= 4 is 34.7 Å². The lowest BCUT2D eigenvalue weighted by Crippen LogP contribution is -2.47. The molecule has 2 aromatic carbocycles. The number of ketones is 1. The van der Waals surface area contributed by atoms with Crippen LogP contribution in [0.2, 0.25) is 5.02 Å². The van der Waals surface area contributed by atoms with E-state index in [9.17, 15) is 14.7 Å². The van der Waals surface area contributed by atoms with E-state index in [-0.39, 0.29) is 23.5 Å². The summed E-state index contributed by atoms with van der Waals surface area (Å²) in [5.74, 6) is 1.88. The fourth-order valence-electron chi connectivity index (χ4n) is 9.87. The lowest BCUT2D eigenvalue weighted by molar-refractivity contribution is -0.125. The van der Waals surface area contributed by atoms with E-state index in [0.29, 0.717) is 41.8 Å². The number of amides is 1. The molecule has 7 rings (SSSR count). The zero-order valence-electron chi connectivity index (χ0n) is 33.0. The van der Waals surface area contributed by atoms with Gasteiger partial charge in [0.25, 0.3) is 0 Å². The topological polar surface area (TPSA) is 98.9 Å². The first-order valence-corrected chi connectivity index (χ1v) is 21.5. The molecule has 4 saturated heterocycles. The number of aliphatic hydroxyl groups is 1. The van der Waals surface area contributed by atoms with Gasteiger partial charge in [-0.1, -0.05) is 79.9 Å². The van der Waals surface area contributed by atoms with Crippen molar-refractivity contribution < 1.29 is 14.7 Å². The van der Waals surface area contributed by atoms with Gasteiger partial charge in [-0.15, -0.1) is 0 Å². The predicted molar refractivity (Wildman–Crippen MR) is 223 cm³/mol. The fourth-order valence-corrected chi connectivity index (χ4v) is 10.1. The molecule has 8 heteroatoms. The van der Waals surface area contributed by atoms with Gasteiger partial charge in [0.2, 0.25) is 5.91 Å². The van der Waals surface area contributed by atoms with E-state index >= 15 is 0 Å². The first-order valence-electron chi connectivity index (χ1n) is 21.1. The number of fused-ring (bicyclic) bond motifs is 4. The standard InChI is InChI=1S/C46H65ClN4O3/c1-4-10-33(12-7-6-11-31(3)40-30-50-21-19-36(40)20-22-50)28-43(52)37(26-34-25-35(5-2)45(48)41(47)27-34)29-44(53)51-23-17-32(18-24-51)15-16-39-38-13-8-9-14-42(38)49-46(39)54/h8-9,12-14,25,27,32,36-37,39-40,44,53H,3-7,10-11,15-24,26,28-30,48H2,1-2H3,(H,49,54)/b33-12+/t37-,39?,40?,44?/m0/s1. The van der Waals surface area contributed by atoms with Gasteiger partial charge in [-0.05, 0) is 143 Å². The average molecular weight is 758 g/mol. The van der Waals surface area contributed by atoms with E-state index in [4.69, 9.17) is 17.3 Å². The molecule has 0 spiro atoms. The van der Waals surface area contributed by atoms with Crippen LogP contribution in [0.15, 0.2) is 60.2 Å². The molecule has 4 fully saturated rings. The van der Waals surface area contributed by atoms with E-state index in [0.717, 1.165) is 106 Å². The fraction of sp³-hybridized carbons (Fsp3) is 0.609. The summed E-state index contributed by atoms with van der Waals surface area (Å²) in [6.45, 7) is 14.1. The molecule has 2 aromatic rings. The van der Waals surface area contributed by atoms with Crippen LogP contribution in [-0.4, -0.2) is 65.5 Å². The van der Waals surface area contributed by atoms with Crippen LogP contribution in [0.5, 0.6) is 0 Å². The second-order valence-corrected chi connectivity index (χ2v) is 17.3. The van der Waals surface area contributed by atoms with Crippen LogP contribution in [0.3, 0.4) is 0 Å². The number of carbonyl (C=O) groups excluding carboxylic acids is 2. The normalized spacial score (nSPS) is 24.3. The zero-order valence-corrected chi connectivity index (χ0v) is 33.7. The molecular formula is C46H65ClN4O3. The number of likely N-dealkylation sites (tertiary alicyclic amines) is 1. The summed E-state index contributed by atoms with van der Waals surface area (Å²) < 4.78 is 0. The number of rotatable bonds is 19. The van der Waals surface area contributed by atoms with Gasteiger partial charge < -0.3 is 21.1 Å². The Balaban J connectivity index is 1.05. The molecule has 5 heterocycles. The molecule has 294 valence electrons. The van der Waals surface area contributed by atoms with Crippen LogP contribution in [0.4, 0.5) is 11.4 Å². The third-order valence-corrected chi connectivity index (χ3v) is 13.5. The maximum absolute atomic E-state index is 14.3. The first kappa shape index (κ1) is 40.7. The number of nitrogens with zero attached hydrogens (tertiary/aromatic N) is 2. The smallest absolute Gasteiger partial charge is 0.232 e. The van der Waals surface area contributed by atoms with Crippen LogP contribution in [0.25, 0.3) is 0 Å². The number of piperidine rings is 4. The van der Waals surface area contributed by atoms with Crippen molar-refractivity contribution in [1.82, 2.24) is 9.80 Å². The van der Waals surface area contributed by atoms with Gasteiger partial charge >= 0.3 is 0 Å². The van der Waals surface area contributed by atoms with Gasteiger partial charge in [0, 0.05) is 37.7 Å². The number of nitrogens with two attached hydrogens (primary N) is 1. The molecular weight excluding hydrogens is 692 g/mol. The Kier molecular flexibility index (Phi) is 14.5. The van der Waals surface area contributed by atoms with Crippen molar-refractivity contribution in [2.75, 3.05) is 43.8 Å². The van der Waals surface area contributed by atoms with E-state index < -0.39 is 6.23 Å². The number of halogens is 1. The van der Waals surface area contributed by atoms with Crippen molar-refractivity contribution in [2.45, 2.75) is 122 Å². The Bertz CT molecular complexity index is 1640. The average Bonchev–Trinajstić information content (AvgIpc) is 3.51.